The molecule has 0 unspecified atom stereocenters. The van der Waals surface area contributed by atoms with Crippen molar-refractivity contribution < 1.29 is 0 Å². The summed E-state index contributed by atoms with van der Waals surface area (Å²) in [5, 5.41) is 4.12. The minimum Gasteiger partial charge on any atom is -0.235 e. The van der Waals surface area contributed by atoms with E-state index in [1.807, 2.05) is 23.5 Å². The van der Waals surface area contributed by atoms with E-state index in [0.717, 1.165) is 10.9 Å². The largest absolute Gasteiger partial charge is 0.235 e. The number of hydrogen-bond donors (Lipinski definition) is 0. The molecule has 104 valence electrons. The van der Waals surface area contributed by atoms with Gasteiger partial charge in [0.25, 0.3) is 0 Å². The molecular weight excluding hydrogens is 298 g/mol. The Kier molecular flexibility index (Phi) is 2.91. The fourth-order valence-electron chi connectivity index (χ4n) is 2.91. The summed E-state index contributed by atoms with van der Waals surface area (Å²) in [4.78, 5) is 4.57. The van der Waals surface area contributed by atoms with Crippen LogP contribution >= 0.6 is 22.9 Å². The van der Waals surface area contributed by atoms with Gasteiger partial charge in [-0.3, -0.25) is 0 Å². The molecule has 21 heavy (non-hydrogen) atoms. The zero-order chi connectivity index (χ0) is 14.6. The Labute approximate surface area is 132 Å². The van der Waals surface area contributed by atoms with Crippen molar-refractivity contribution in [3.8, 4) is 0 Å². The maximum atomic E-state index is 6.48. The predicted molar refractivity (Wildman–Crippen MR) is 93.7 cm³/mol. The monoisotopic (exact) mass is 311 g/mol. The first-order valence-corrected chi connectivity index (χ1v) is 8.25. The Morgan fingerprint density at radius 2 is 1.71 bits per heavy atom. The number of aromatic nitrogens is 1. The lowest BCUT2D eigenvalue weighted by atomic mass is 10.0. The number of benzene rings is 2. The Bertz CT molecular complexity index is 985. The van der Waals surface area contributed by atoms with Crippen LogP contribution in [0.4, 0.5) is 0 Å². The lowest BCUT2D eigenvalue weighted by molar-refractivity contribution is 0.878. The van der Waals surface area contributed by atoms with E-state index in [4.69, 9.17) is 11.6 Å². The van der Waals surface area contributed by atoms with Crippen LogP contribution in [0.25, 0.3) is 31.1 Å². The highest BCUT2D eigenvalue weighted by Crippen LogP contribution is 2.43. The molecule has 4 rings (SSSR count). The number of nitrogens with zero attached hydrogens (tertiary/aromatic N) is 1. The number of fused-ring (bicyclic) bond motifs is 5. The normalized spacial score (nSPS) is 12.0. The second-order valence-electron chi connectivity index (χ2n) is 5.60. The maximum Gasteiger partial charge on any atom is 0.139 e. The third-order valence-corrected chi connectivity index (χ3v) is 5.50. The molecule has 0 radical (unpaired) electrons. The fourth-order valence-corrected chi connectivity index (χ4v) is 4.76. The molecule has 3 heteroatoms. The van der Waals surface area contributed by atoms with Crippen molar-refractivity contribution in [1.82, 2.24) is 4.98 Å². The minimum atomic E-state index is 0.500. The highest BCUT2D eigenvalue weighted by atomic mass is 35.5. The first kappa shape index (κ1) is 13.1. The summed E-state index contributed by atoms with van der Waals surface area (Å²) in [6.45, 7) is 4.47. The Hall–Kier alpha value is -1.64. The number of para-hydroxylation sites is 1. The van der Waals surface area contributed by atoms with E-state index in [1.165, 1.54) is 25.7 Å². The van der Waals surface area contributed by atoms with E-state index >= 15 is 0 Å². The maximum absolute atomic E-state index is 6.48. The Morgan fingerprint density at radius 1 is 0.952 bits per heavy atom. The summed E-state index contributed by atoms with van der Waals surface area (Å²) in [6.07, 6.45) is 0. The van der Waals surface area contributed by atoms with Gasteiger partial charge in [-0.15, -0.1) is 11.3 Å². The molecule has 0 aliphatic rings. The first-order valence-electron chi connectivity index (χ1n) is 7.06. The van der Waals surface area contributed by atoms with Crippen LogP contribution in [0.3, 0.4) is 0 Å². The minimum absolute atomic E-state index is 0.500. The topological polar surface area (TPSA) is 12.9 Å². The van der Waals surface area contributed by atoms with E-state index in [2.05, 4.69) is 49.2 Å². The average Bonchev–Trinajstić information content (AvgIpc) is 2.87. The quantitative estimate of drug-likeness (QED) is 0.372. The molecule has 0 atom stereocenters. The lowest BCUT2D eigenvalue weighted by Gasteiger charge is -2.05. The van der Waals surface area contributed by atoms with Crippen molar-refractivity contribution in [2.45, 2.75) is 19.8 Å². The van der Waals surface area contributed by atoms with E-state index in [0.29, 0.717) is 11.1 Å². The molecule has 2 aromatic heterocycles. The summed E-state index contributed by atoms with van der Waals surface area (Å²) in [6, 6.07) is 14.7. The van der Waals surface area contributed by atoms with Gasteiger partial charge < -0.3 is 0 Å². The molecule has 2 heterocycles. The van der Waals surface area contributed by atoms with Gasteiger partial charge in [-0.2, -0.15) is 0 Å². The van der Waals surface area contributed by atoms with Crippen LogP contribution in [-0.2, 0) is 0 Å². The number of rotatable bonds is 1. The molecule has 0 N–H and O–H groups in total. The summed E-state index contributed by atoms with van der Waals surface area (Å²) < 4.78 is 2.58. The molecular formula is C18H14ClNS. The summed E-state index contributed by atoms with van der Waals surface area (Å²) in [5.74, 6) is 0.500. The van der Waals surface area contributed by atoms with E-state index in [1.54, 1.807) is 0 Å². The third-order valence-electron chi connectivity index (χ3n) is 3.94. The zero-order valence-electron chi connectivity index (χ0n) is 11.9. The van der Waals surface area contributed by atoms with Crippen molar-refractivity contribution in [2.75, 3.05) is 0 Å². The Balaban J connectivity index is 2.28. The number of halogens is 1. The molecule has 0 saturated heterocycles. The van der Waals surface area contributed by atoms with Crippen molar-refractivity contribution in [3.05, 3.63) is 53.2 Å². The third kappa shape index (κ3) is 1.86. The molecule has 0 fully saturated rings. The van der Waals surface area contributed by atoms with Gasteiger partial charge in [0, 0.05) is 25.6 Å². The van der Waals surface area contributed by atoms with Gasteiger partial charge in [0.1, 0.15) is 5.15 Å². The van der Waals surface area contributed by atoms with Crippen molar-refractivity contribution in [1.29, 1.82) is 0 Å². The van der Waals surface area contributed by atoms with Gasteiger partial charge in [-0.05, 0) is 17.5 Å². The van der Waals surface area contributed by atoms with Crippen LogP contribution < -0.4 is 0 Å². The molecule has 2 aromatic carbocycles. The fraction of sp³-hybridized carbons (Fsp3) is 0.167. The molecule has 0 bridgehead atoms. The molecule has 0 aliphatic carbocycles. The summed E-state index contributed by atoms with van der Waals surface area (Å²) >= 11 is 8.32. The van der Waals surface area contributed by atoms with Gasteiger partial charge in [0.05, 0.1) is 5.52 Å². The predicted octanol–water partition coefficient (Wildman–Crippen LogP) is 6.38. The highest BCUT2D eigenvalue weighted by molar-refractivity contribution is 7.27. The zero-order valence-corrected chi connectivity index (χ0v) is 13.4. The van der Waals surface area contributed by atoms with Gasteiger partial charge >= 0.3 is 0 Å². The van der Waals surface area contributed by atoms with Crippen LogP contribution in [0.5, 0.6) is 0 Å². The van der Waals surface area contributed by atoms with Crippen molar-refractivity contribution in [2.24, 2.45) is 0 Å². The second kappa shape index (κ2) is 4.69. The van der Waals surface area contributed by atoms with Gasteiger partial charge in [0.2, 0.25) is 0 Å². The molecule has 4 aromatic rings. The highest BCUT2D eigenvalue weighted by Gasteiger charge is 2.16. The van der Waals surface area contributed by atoms with Gasteiger partial charge in [0.15, 0.2) is 0 Å². The van der Waals surface area contributed by atoms with Gasteiger partial charge in [-0.1, -0.05) is 61.8 Å². The molecule has 1 nitrogen and oxygen atoms in total. The number of thiophene rings is 1. The molecule has 0 aliphatic heterocycles. The SMILES string of the molecule is CC(C)c1cccc2c1sc1c3ccccc3nc(Cl)c21. The van der Waals surface area contributed by atoms with Crippen LogP contribution in [0.2, 0.25) is 5.15 Å². The summed E-state index contributed by atoms with van der Waals surface area (Å²) in [7, 11) is 0. The van der Waals surface area contributed by atoms with Crippen LogP contribution in [0.1, 0.15) is 25.3 Å². The second-order valence-corrected chi connectivity index (χ2v) is 6.98. The smallest absolute Gasteiger partial charge is 0.139 e. The van der Waals surface area contributed by atoms with E-state index < -0.39 is 0 Å². The van der Waals surface area contributed by atoms with E-state index in [-0.39, 0.29) is 0 Å². The average molecular weight is 312 g/mol. The van der Waals surface area contributed by atoms with Gasteiger partial charge in [-0.25, -0.2) is 4.98 Å². The van der Waals surface area contributed by atoms with E-state index in [9.17, 15) is 0 Å². The standard InChI is InChI=1S/C18H14ClNS/c1-10(2)11-7-5-8-13-15-17(21-16(11)13)12-6-3-4-9-14(12)20-18(15)19/h3-10H,1-2H3. The Morgan fingerprint density at radius 3 is 2.52 bits per heavy atom. The number of pyridine rings is 1. The molecule has 0 amide bonds. The first-order chi connectivity index (χ1) is 10.2. The van der Waals surface area contributed by atoms with Crippen molar-refractivity contribution in [3.63, 3.8) is 0 Å². The van der Waals surface area contributed by atoms with Crippen LogP contribution in [-0.4, -0.2) is 4.98 Å². The van der Waals surface area contributed by atoms with Crippen molar-refractivity contribution >= 4 is 54.0 Å². The lowest BCUT2D eigenvalue weighted by Crippen LogP contribution is -1.86. The molecule has 0 spiro atoms. The number of hydrogen-bond acceptors (Lipinski definition) is 2. The summed E-state index contributed by atoms with van der Waals surface area (Å²) in [5.41, 5.74) is 2.35. The van der Waals surface area contributed by atoms with Crippen LogP contribution in [0.15, 0.2) is 42.5 Å². The van der Waals surface area contributed by atoms with Crippen LogP contribution in [0, 0.1) is 0 Å². The molecule has 0 saturated carbocycles.